The Morgan fingerprint density at radius 1 is 1.12 bits per heavy atom. The lowest BCUT2D eigenvalue weighted by molar-refractivity contribution is -0.154. The van der Waals surface area contributed by atoms with Crippen LogP contribution in [0.5, 0.6) is 0 Å². The van der Waals surface area contributed by atoms with Crippen molar-refractivity contribution in [2.75, 3.05) is 0 Å². The van der Waals surface area contributed by atoms with Crippen molar-refractivity contribution in [3.63, 3.8) is 0 Å². The van der Waals surface area contributed by atoms with Crippen LogP contribution in [0.4, 0.5) is 0 Å². The number of carbonyl (C=O) groups excluding carboxylic acids is 2. The largest absolute Gasteiger partial charge is 0.462 e. The summed E-state index contributed by atoms with van der Waals surface area (Å²) in [5, 5.41) is 9.99. The minimum absolute atomic E-state index is 0.236. The first kappa shape index (κ1) is 26.7. The molecule has 5 heteroatoms. The number of esters is 2. The molecule has 2 saturated carbocycles. The second kappa shape index (κ2) is 11.2. The van der Waals surface area contributed by atoms with Crippen molar-refractivity contribution in [1.29, 1.82) is 0 Å². The molecule has 34 heavy (non-hydrogen) atoms. The maximum Gasteiger partial charge on any atom is 0.302 e. The maximum atomic E-state index is 11.5. The third-order valence-electron chi connectivity index (χ3n) is 7.90. The van der Waals surface area contributed by atoms with E-state index in [0.717, 1.165) is 38.5 Å². The molecule has 0 bridgehead atoms. The summed E-state index contributed by atoms with van der Waals surface area (Å²) in [5.74, 6) is -0.0258. The van der Waals surface area contributed by atoms with Gasteiger partial charge in [-0.05, 0) is 70.1 Å². The van der Waals surface area contributed by atoms with Crippen LogP contribution in [0.3, 0.4) is 0 Å². The van der Waals surface area contributed by atoms with Crippen molar-refractivity contribution in [1.82, 2.24) is 0 Å². The fourth-order valence-electron chi connectivity index (χ4n) is 6.30. The van der Waals surface area contributed by atoms with Crippen LogP contribution in [0, 0.1) is 11.3 Å². The highest BCUT2D eigenvalue weighted by Crippen LogP contribution is 2.55. The summed E-state index contributed by atoms with van der Waals surface area (Å²) in [7, 11) is 0. The number of carbonyl (C=O) groups is 2. The Morgan fingerprint density at radius 2 is 1.76 bits per heavy atom. The van der Waals surface area contributed by atoms with Crippen LogP contribution in [0.1, 0.15) is 105 Å². The lowest BCUT2D eigenvalue weighted by Crippen LogP contribution is -2.32. The van der Waals surface area contributed by atoms with Gasteiger partial charge < -0.3 is 14.6 Å². The van der Waals surface area contributed by atoms with E-state index in [1.165, 1.54) is 37.8 Å². The second-order valence-corrected chi connectivity index (χ2v) is 11.5. The first-order valence-electron chi connectivity index (χ1n) is 13.1. The normalized spacial score (nSPS) is 31.8. The molecule has 0 heterocycles. The third-order valence-corrected chi connectivity index (χ3v) is 7.90. The molecule has 5 nitrogen and oxygen atoms in total. The van der Waals surface area contributed by atoms with Gasteiger partial charge in [-0.15, -0.1) is 0 Å². The fraction of sp³-hybridized carbons (Fsp3) is 0.724. The molecule has 0 aliphatic heterocycles. The Labute approximate surface area is 205 Å². The van der Waals surface area contributed by atoms with Gasteiger partial charge >= 0.3 is 11.9 Å². The van der Waals surface area contributed by atoms with Gasteiger partial charge in [0.2, 0.25) is 0 Å². The minimum Gasteiger partial charge on any atom is -0.462 e. The van der Waals surface area contributed by atoms with Gasteiger partial charge in [0, 0.05) is 33.1 Å². The van der Waals surface area contributed by atoms with Crippen LogP contribution in [-0.2, 0) is 19.1 Å². The average Bonchev–Trinajstić information content (AvgIpc) is 3.04. The van der Waals surface area contributed by atoms with Crippen LogP contribution in [0.25, 0.3) is 0 Å². The first-order chi connectivity index (χ1) is 16.0. The molecule has 190 valence electrons. The van der Waals surface area contributed by atoms with Gasteiger partial charge in [-0.25, -0.2) is 0 Å². The molecule has 3 aliphatic carbocycles. The van der Waals surface area contributed by atoms with Crippen LogP contribution < -0.4 is 0 Å². The van der Waals surface area contributed by atoms with E-state index in [-0.39, 0.29) is 29.6 Å². The van der Waals surface area contributed by atoms with Crippen molar-refractivity contribution in [3.8, 4) is 0 Å². The molecule has 0 aromatic carbocycles. The Kier molecular flexibility index (Phi) is 8.83. The van der Waals surface area contributed by atoms with E-state index in [0.29, 0.717) is 25.2 Å². The lowest BCUT2D eigenvalue weighted by Gasteiger charge is -2.41. The Morgan fingerprint density at radius 3 is 2.35 bits per heavy atom. The Balaban J connectivity index is 1.67. The highest BCUT2D eigenvalue weighted by molar-refractivity contribution is 5.67. The molecule has 0 amide bonds. The molecular weight excluding hydrogens is 428 g/mol. The number of hydrogen-bond acceptors (Lipinski definition) is 5. The number of fused-ring (bicyclic) bond motifs is 1. The van der Waals surface area contributed by atoms with Gasteiger partial charge in [0.05, 0.1) is 5.60 Å². The minimum atomic E-state index is -0.577. The number of hydrogen-bond donors (Lipinski definition) is 1. The summed E-state index contributed by atoms with van der Waals surface area (Å²) in [6.07, 6.45) is 17.3. The number of ether oxygens (including phenoxy) is 2. The average molecular weight is 473 g/mol. The number of aliphatic hydroxyl groups is 1. The van der Waals surface area contributed by atoms with Crippen molar-refractivity contribution >= 4 is 11.9 Å². The van der Waals surface area contributed by atoms with Crippen LogP contribution in [-0.4, -0.2) is 34.9 Å². The third kappa shape index (κ3) is 7.31. The quantitative estimate of drug-likeness (QED) is 0.253. The zero-order valence-corrected chi connectivity index (χ0v) is 21.8. The summed E-state index contributed by atoms with van der Waals surface area (Å²) >= 11 is 0. The van der Waals surface area contributed by atoms with E-state index in [2.05, 4.69) is 25.2 Å². The van der Waals surface area contributed by atoms with Gasteiger partial charge in [-0.2, -0.15) is 0 Å². The Bertz CT molecular complexity index is 817. The summed E-state index contributed by atoms with van der Waals surface area (Å²) in [6, 6.07) is 0. The van der Waals surface area contributed by atoms with Crippen molar-refractivity contribution in [2.45, 2.75) is 123 Å². The van der Waals surface area contributed by atoms with Gasteiger partial charge in [0.15, 0.2) is 0 Å². The number of unbranched alkanes of at least 4 members (excludes halogenated alkanes) is 1. The summed E-state index contributed by atoms with van der Waals surface area (Å²) < 4.78 is 11.0. The molecule has 0 radical (unpaired) electrons. The van der Waals surface area contributed by atoms with Crippen LogP contribution in [0.15, 0.2) is 34.9 Å². The molecule has 3 rings (SSSR count). The highest BCUT2D eigenvalue weighted by Gasteiger charge is 2.44. The zero-order valence-electron chi connectivity index (χ0n) is 21.8. The van der Waals surface area contributed by atoms with E-state index in [4.69, 9.17) is 9.47 Å². The van der Waals surface area contributed by atoms with E-state index < -0.39 is 5.60 Å². The van der Waals surface area contributed by atoms with E-state index in [1.54, 1.807) is 5.57 Å². The molecule has 0 aromatic heterocycles. The molecule has 0 aromatic rings. The molecule has 1 N–H and O–H groups in total. The highest BCUT2D eigenvalue weighted by atomic mass is 16.6. The summed E-state index contributed by atoms with van der Waals surface area (Å²) in [5.41, 5.74) is 3.97. The van der Waals surface area contributed by atoms with Gasteiger partial charge in [-0.3, -0.25) is 9.59 Å². The lowest BCUT2D eigenvalue weighted by atomic mass is 9.63. The maximum absolute atomic E-state index is 11.5. The first-order valence-corrected chi connectivity index (χ1v) is 13.1. The molecule has 2 unspecified atom stereocenters. The molecule has 0 saturated heterocycles. The van der Waals surface area contributed by atoms with Crippen molar-refractivity contribution in [3.05, 3.63) is 34.9 Å². The molecule has 3 aliphatic rings. The van der Waals surface area contributed by atoms with Crippen LogP contribution >= 0.6 is 0 Å². The molecular formula is C29H44O5. The topological polar surface area (TPSA) is 72.8 Å². The predicted molar refractivity (Wildman–Crippen MR) is 134 cm³/mol. The second-order valence-electron chi connectivity index (χ2n) is 11.5. The van der Waals surface area contributed by atoms with Crippen molar-refractivity contribution < 1.29 is 24.2 Å². The zero-order chi connectivity index (χ0) is 24.9. The van der Waals surface area contributed by atoms with Gasteiger partial charge in [-0.1, -0.05) is 48.3 Å². The number of allylic oxidation sites excluding steroid dienone is 5. The summed E-state index contributed by atoms with van der Waals surface area (Å²) in [6.45, 7) is 9.08. The standard InChI is InChI=1S/C29H44O5/c1-20(30)33-25-17-22(18-26(19-25)34-21(2)31)11-12-23-9-8-16-29(5)24(13-14-27(23)29)10-6-7-15-28(3,4)32/h11-13,25-27,32H,6-10,14-19H2,1-5H3/b22-11-,23-12+/t25?,26-,27?,29-/m1/s1. The van der Waals surface area contributed by atoms with Crippen molar-refractivity contribution in [2.24, 2.45) is 11.3 Å². The predicted octanol–water partition coefficient (Wildman–Crippen LogP) is 6.35. The van der Waals surface area contributed by atoms with Crippen LogP contribution in [0.2, 0.25) is 0 Å². The van der Waals surface area contributed by atoms with E-state index in [1.807, 2.05) is 13.8 Å². The summed E-state index contributed by atoms with van der Waals surface area (Å²) in [4.78, 5) is 23.0. The smallest absolute Gasteiger partial charge is 0.302 e. The van der Waals surface area contributed by atoms with Gasteiger partial charge in [0.1, 0.15) is 12.2 Å². The molecule has 0 spiro atoms. The SMILES string of the molecule is CC(=O)OC1C/C(=C/C=C2\CCC[C@]3(C)C(CCCCC(C)(C)O)=CCC23)C[C@@H](OC(C)=O)C1. The van der Waals surface area contributed by atoms with E-state index in [9.17, 15) is 14.7 Å². The number of rotatable bonds is 8. The molecule has 4 atom stereocenters. The van der Waals surface area contributed by atoms with Gasteiger partial charge in [0.25, 0.3) is 0 Å². The Hall–Kier alpha value is -1.88. The fourth-order valence-corrected chi connectivity index (χ4v) is 6.30. The monoisotopic (exact) mass is 472 g/mol. The molecule has 2 fully saturated rings. The van der Waals surface area contributed by atoms with E-state index >= 15 is 0 Å².